The van der Waals surface area contributed by atoms with Crippen molar-refractivity contribution in [1.29, 1.82) is 0 Å². The van der Waals surface area contributed by atoms with Gasteiger partial charge in [0.25, 0.3) is 0 Å². The van der Waals surface area contributed by atoms with Crippen LogP contribution in [0.3, 0.4) is 0 Å². The molecule has 1 saturated heterocycles. The summed E-state index contributed by atoms with van der Waals surface area (Å²) in [4.78, 5) is 11.9. The zero-order valence-corrected chi connectivity index (χ0v) is 10.6. The van der Waals surface area contributed by atoms with E-state index in [0.29, 0.717) is 6.61 Å². The fourth-order valence-electron chi connectivity index (χ4n) is 3.27. The molecule has 0 aromatic heterocycles. The van der Waals surface area contributed by atoms with Gasteiger partial charge in [-0.1, -0.05) is 13.8 Å². The fourth-order valence-corrected chi connectivity index (χ4v) is 3.27. The lowest BCUT2D eigenvalue weighted by Crippen LogP contribution is -2.48. The van der Waals surface area contributed by atoms with Crippen LogP contribution in [0.1, 0.15) is 33.6 Å². The summed E-state index contributed by atoms with van der Waals surface area (Å²) in [6, 6.07) is 0. The van der Waals surface area contributed by atoms with Gasteiger partial charge in [-0.2, -0.15) is 0 Å². The number of esters is 1. The molecule has 2 rings (SSSR count). The number of rotatable bonds is 3. The molecule has 0 amide bonds. The number of nitrogens with one attached hydrogen (secondary N) is 1. The van der Waals surface area contributed by atoms with Crippen molar-refractivity contribution in [3.63, 3.8) is 0 Å². The normalized spacial score (nSPS) is 37.8. The Morgan fingerprint density at radius 2 is 2.19 bits per heavy atom. The molecule has 1 saturated carbocycles. The second-order valence-electron chi connectivity index (χ2n) is 5.71. The molecule has 2 fully saturated rings. The highest BCUT2D eigenvalue weighted by Crippen LogP contribution is 2.55. The predicted molar refractivity (Wildman–Crippen MR) is 63.0 cm³/mol. The molecule has 3 heteroatoms. The van der Waals surface area contributed by atoms with Crippen molar-refractivity contribution in [2.75, 3.05) is 19.7 Å². The lowest BCUT2D eigenvalue weighted by atomic mass is 9.55. The number of carbonyl (C=O) groups is 1. The molecule has 0 radical (unpaired) electrons. The monoisotopic (exact) mass is 225 g/mol. The second kappa shape index (κ2) is 4.36. The van der Waals surface area contributed by atoms with Gasteiger partial charge in [0.1, 0.15) is 0 Å². The Balaban J connectivity index is 1.97. The predicted octanol–water partition coefficient (Wildman–Crippen LogP) is 1.82. The van der Waals surface area contributed by atoms with Crippen molar-refractivity contribution >= 4 is 5.97 Å². The highest BCUT2D eigenvalue weighted by atomic mass is 16.5. The molecule has 0 aromatic carbocycles. The molecule has 0 aromatic rings. The first-order valence-electron chi connectivity index (χ1n) is 6.46. The van der Waals surface area contributed by atoms with E-state index in [9.17, 15) is 4.79 Å². The third-order valence-corrected chi connectivity index (χ3v) is 4.42. The Labute approximate surface area is 97.9 Å². The zero-order chi connectivity index (χ0) is 11.8. The Kier molecular flexibility index (Phi) is 3.24. The molecule has 16 heavy (non-hydrogen) atoms. The van der Waals surface area contributed by atoms with Gasteiger partial charge >= 0.3 is 5.97 Å². The van der Waals surface area contributed by atoms with Crippen LogP contribution < -0.4 is 5.32 Å². The highest BCUT2D eigenvalue weighted by Gasteiger charge is 2.55. The van der Waals surface area contributed by atoms with Gasteiger partial charge in [-0.25, -0.2) is 0 Å². The van der Waals surface area contributed by atoms with Crippen molar-refractivity contribution in [3.8, 4) is 0 Å². The molecule has 1 aliphatic heterocycles. The van der Waals surface area contributed by atoms with Gasteiger partial charge in [0.2, 0.25) is 0 Å². The number of ether oxygens (including phenoxy) is 1. The van der Waals surface area contributed by atoms with E-state index in [1.54, 1.807) is 0 Å². The first-order chi connectivity index (χ1) is 7.59. The van der Waals surface area contributed by atoms with E-state index in [0.717, 1.165) is 24.9 Å². The summed E-state index contributed by atoms with van der Waals surface area (Å²) in [7, 11) is 0. The van der Waals surface area contributed by atoms with E-state index < -0.39 is 0 Å². The van der Waals surface area contributed by atoms with Crippen molar-refractivity contribution in [2.24, 2.45) is 23.2 Å². The first-order valence-corrected chi connectivity index (χ1v) is 6.46. The second-order valence-corrected chi connectivity index (χ2v) is 5.71. The number of hydrogen-bond acceptors (Lipinski definition) is 3. The molecule has 2 aliphatic rings. The van der Waals surface area contributed by atoms with Crippen LogP contribution in [0.5, 0.6) is 0 Å². The Hall–Kier alpha value is -0.570. The summed E-state index contributed by atoms with van der Waals surface area (Å²) in [6.45, 7) is 8.74. The van der Waals surface area contributed by atoms with Crippen LogP contribution in [-0.4, -0.2) is 25.7 Å². The van der Waals surface area contributed by atoms with Crippen LogP contribution >= 0.6 is 0 Å². The molecule has 1 N–H and O–H groups in total. The van der Waals surface area contributed by atoms with E-state index in [1.807, 2.05) is 6.92 Å². The van der Waals surface area contributed by atoms with Gasteiger partial charge < -0.3 is 10.1 Å². The smallest absolute Gasteiger partial charge is 0.310 e. The Morgan fingerprint density at radius 1 is 1.50 bits per heavy atom. The summed E-state index contributed by atoms with van der Waals surface area (Å²) in [5.41, 5.74) is 0.223. The van der Waals surface area contributed by atoms with Gasteiger partial charge in [0.05, 0.1) is 12.5 Å². The standard InChI is InChI=1S/C13H23NO2/c1-4-16-12(15)11-7-14-8-13(11)5-10(6-13)9(2)3/h9-11,14H,4-8H2,1-3H3. The first kappa shape index (κ1) is 11.9. The molecule has 1 aliphatic carbocycles. The minimum atomic E-state index is 0.00899. The molecular formula is C13H23NO2. The summed E-state index contributed by atoms with van der Waals surface area (Å²) in [6.07, 6.45) is 2.39. The Morgan fingerprint density at radius 3 is 2.75 bits per heavy atom. The minimum Gasteiger partial charge on any atom is -0.466 e. The van der Waals surface area contributed by atoms with E-state index >= 15 is 0 Å². The van der Waals surface area contributed by atoms with Crippen LogP contribution in [0.4, 0.5) is 0 Å². The lowest BCUT2D eigenvalue weighted by Gasteiger charge is -2.49. The van der Waals surface area contributed by atoms with Crippen LogP contribution in [0.2, 0.25) is 0 Å². The molecule has 1 unspecified atom stereocenters. The summed E-state index contributed by atoms with van der Waals surface area (Å²) < 4.78 is 5.17. The molecule has 1 atom stereocenters. The van der Waals surface area contributed by atoms with Crippen LogP contribution in [0.25, 0.3) is 0 Å². The minimum absolute atomic E-state index is 0.00899. The lowest BCUT2D eigenvalue weighted by molar-refractivity contribution is -0.155. The topological polar surface area (TPSA) is 38.3 Å². The summed E-state index contributed by atoms with van der Waals surface area (Å²) in [5.74, 6) is 1.66. The zero-order valence-electron chi connectivity index (χ0n) is 10.6. The van der Waals surface area contributed by atoms with Crippen LogP contribution in [0.15, 0.2) is 0 Å². The maximum atomic E-state index is 11.9. The highest BCUT2D eigenvalue weighted by molar-refractivity contribution is 5.74. The average molecular weight is 225 g/mol. The van der Waals surface area contributed by atoms with Gasteiger partial charge in [0, 0.05) is 13.1 Å². The van der Waals surface area contributed by atoms with E-state index in [1.165, 1.54) is 12.8 Å². The quantitative estimate of drug-likeness (QED) is 0.745. The third kappa shape index (κ3) is 1.86. The molecular weight excluding hydrogens is 202 g/mol. The summed E-state index contributed by atoms with van der Waals surface area (Å²) >= 11 is 0. The molecule has 0 bridgehead atoms. The van der Waals surface area contributed by atoms with Gasteiger partial charge in [-0.05, 0) is 37.0 Å². The van der Waals surface area contributed by atoms with Crippen molar-refractivity contribution in [1.82, 2.24) is 5.32 Å². The van der Waals surface area contributed by atoms with E-state index in [-0.39, 0.29) is 17.3 Å². The van der Waals surface area contributed by atoms with Crippen molar-refractivity contribution in [2.45, 2.75) is 33.6 Å². The van der Waals surface area contributed by atoms with Crippen LogP contribution in [-0.2, 0) is 9.53 Å². The van der Waals surface area contributed by atoms with Crippen LogP contribution in [0, 0.1) is 23.2 Å². The van der Waals surface area contributed by atoms with Crippen molar-refractivity contribution in [3.05, 3.63) is 0 Å². The van der Waals surface area contributed by atoms with E-state index in [2.05, 4.69) is 19.2 Å². The largest absolute Gasteiger partial charge is 0.466 e. The van der Waals surface area contributed by atoms with Gasteiger partial charge in [-0.3, -0.25) is 4.79 Å². The maximum Gasteiger partial charge on any atom is 0.310 e. The Bertz CT molecular complexity index is 269. The molecule has 1 heterocycles. The number of carbonyl (C=O) groups excluding carboxylic acids is 1. The van der Waals surface area contributed by atoms with E-state index in [4.69, 9.17) is 4.74 Å². The third-order valence-electron chi connectivity index (χ3n) is 4.42. The maximum absolute atomic E-state index is 11.9. The number of hydrogen-bond donors (Lipinski definition) is 1. The summed E-state index contributed by atoms with van der Waals surface area (Å²) in [5, 5.41) is 3.36. The fraction of sp³-hybridized carbons (Fsp3) is 0.923. The molecule has 3 nitrogen and oxygen atoms in total. The SMILES string of the molecule is CCOC(=O)C1CNCC12CC(C(C)C)C2. The van der Waals surface area contributed by atoms with Crippen molar-refractivity contribution < 1.29 is 9.53 Å². The van der Waals surface area contributed by atoms with Gasteiger partial charge in [-0.15, -0.1) is 0 Å². The van der Waals surface area contributed by atoms with Gasteiger partial charge in [0.15, 0.2) is 0 Å². The average Bonchev–Trinajstić information content (AvgIpc) is 2.59. The molecule has 92 valence electrons. The molecule has 1 spiro atoms.